The molecule has 0 radical (unpaired) electrons. The van der Waals surface area contributed by atoms with Crippen LogP contribution in [0.5, 0.6) is 11.5 Å². The van der Waals surface area contributed by atoms with Gasteiger partial charge in [-0.15, -0.1) is 0 Å². The predicted molar refractivity (Wildman–Crippen MR) is 90.1 cm³/mol. The number of fused-ring (bicyclic) bond motifs is 1. The Kier molecular flexibility index (Phi) is 4.61. The molecule has 0 aromatic heterocycles. The van der Waals surface area contributed by atoms with Gasteiger partial charge in [-0.05, 0) is 68.1 Å². The van der Waals surface area contributed by atoms with Gasteiger partial charge in [0.1, 0.15) is 11.5 Å². The second-order valence-corrected chi connectivity index (χ2v) is 6.44. The van der Waals surface area contributed by atoms with Gasteiger partial charge in [-0.1, -0.05) is 28.1 Å². The summed E-state index contributed by atoms with van der Waals surface area (Å²) in [5, 5.41) is 3.18. The fraction of sp³-hybridized carbons (Fsp3) is 0.333. The highest BCUT2D eigenvalue weighted by molar-refractivity contribution is 9.10. The highest BCUT2D eigenvalue weighted by Gasteiger charge is 2.11. The molecule has 0 atom stereocenters. The Bertz CT molecular complexity index is 639. The molecule has 1 aliphatic rings. The molecule has 21 heavy (non-hydrogen) atoms. The zero-order chi connectivity index (χ0) is 14.7. The molecule has 0 spiro atoms. The monoisotopic (exact) mass is 345 g/mol. The van der Waals surface area contributed by atoms with E-state index in [9.17, 15) is 0 Å². The number of aryl methyl sites for hydroxylation is 2. The summed E-state index contributed by atoms with van der Waals surface area (Å²) in [4.78, 5) is 0. The van der Waals surface area contributed by atoms with Crippen LogP contribution in [0.3, 0.4) is 0 Å². The topological polar surface area (TPSA) is 21.3 Å². The maximum Gasteiger partial charge on any atom is 0.133 e. The van der Waals surface area contributed by atoms with E-state index in [0.29, 0.717) is 0 Å². The van der Waals surface area contributed by atoms with Crippen molar-refractivity contribution in [3.05, 3.63) is 57.6 Å². The summed E-state index contributed by atoms with van der Waals surface area (Å²) in [5.74, 6) is 1.85. The average Bonchev–Trinajstić information content (AvgIpc) is 2.50. The largest absolute Gasteiger partial charge is 0.457 e. The molecule has 0 unspecified atom stereocenters. The lowest BCUT2D eigenvalue weighted by Crippen LogP contribution is -2.06. The van der Waals surface area contributed by atoms with Gasteiger partial charge >= 0.3 is 0 Å². The minimum atomic E-state index is 0.799. The van der Waals surface area contributed by atoms with E-state index in [-0.39, 0.29) is 0 Å². The summed E-state index contributed by atoms with van der Waals surface area (Å²) in [6, 6.07) is 12.7. The Labute approximate surface area is 134 Å². The Balaban J connectivity index is 1.87. The van der Waals surface area contributed by atoms with Crippen molar-refractivity contribution in [3.63, 3.8) is 0 Å². The van der Waals surface area contributed by atoms with Crippen molar-refractivity contribution >= 4 is 15.9 Å². The SMILES string of the molecule is CNCc1ccc(Br)cc1Oc1ccc2c(c1)CCCC2. The minimum absolute atomic E-state index is 0.799. The quantitative estimate of drug-likeness (QED) is 0.855. The van der Waals surface area contributed by atoms with Crippen molar-refractivity contribution in [2.45, 2.75) is 32.2 Å². The van der Waals surface area contributed by atoms with Crippen LogP contribution in [0.15, 0.2) is 40.9 Å². The van der Waals surface area contributed by atoms with Gasteiger partial charge < -0.3 is 10.1 Å². The molecule has 3 rings (SSSR count). The molecule has 0 amide bonds. The summed E-state index contributed by atoms with van der Waals surface area (Å²) in [7, 11) is 1.95. The van der Waals surface area contributed by atoms with Gasteiger partial charge in [0.2, 0.25) is 0 Å². The number of ether oxygens (including phenoxy) is 1. The molecule has 0 saturated carbocycles. The lowest BCUT2D eigenvalue weighted by molar-refractivity contribution is 0.472. The molecule has 110 valence electrons. The van der Waals surface area contributed by atoms with Crippen LogP contribution in [0.1, 0.15) is 29.5 Å². The van der Waals surface area contributed by atoms with Crippen molar-refractivity contribution in [3.8, 4) is 11.5 Å². The number of nitrogens with one attached hydrogen (secondary N) is 1. The van der Waals surface area contributed by atoms with Gasteiger partial charge in [0.25, 0.3) is 0 Å². The first-order valence-electron chi connectivity index (χ1n) is 7.49. The minimum Gasteiger partial charge on any atom is -0.457 e. The lowest BCUT2D eigenvalue weighted by Gasteiger charge is -2.17. The molecule has 1 N–H and O–H groups in total. The normalized spacial score (nSPS) is 13.8. The summed E-state index contributed by atoms with van der Waals surface area (Å²) in [6.45, 7) is 0.799. The summed E-state index contributed by atoms with van der Waals surface area (Å²) < 4.78 is 7.18. The highest BCUT2D eigenvalue weighted by atomic mass is 79.9. The van der Waals surface area contributed by atoms with Gasteiger partial charge in [-0.2, -0.15) is 0 Å². The van der Waals surface area contributed by atoms with E-state index in [4.69, 9.17) is 4.74 Å². The molecule has 1 aliphatic carbocycles. The van der Waals surface area contributed by atoms with E-state index in [2.05, 4.69) is 45.5 Å². The first kappa shape index (κ1) is 14.6. The van der Waals surface area contributed by atoms with Gasteiger partial charge in [-0.25, -0.2) is 0 Å². The summed E-state index contributed by atoms with van der Waals surface area (Å²) in [5.41, 5.74) is 4.10. The molecular weight excluding hydrogens is 326 g/mol. The molecule has 0 fully saturated rings. The van der Waals surface area contributed by atoms with E-state index in [1.54, 1.807) is 0 Å². The van der Waals surface area contributed by atoms with Crippen molar-refractivity contribution in [1.82, 2.24) is 5.32 Å². The predicted octanol–water partition coefficient (Wildman–Crippen LogP) is 4.84. The van der Waals surface area contributed by atoms with Gasteiger partial charge in [0.15, 0.2) is 0 Å². The first-order valence-corrected chi connectivity index (χ1v) is 8.28. The molecule has 3 heteroatoms. The fourth-order valence-electron chi connectivity index (χ4n) is 2.86. The third kappa shape index (κ3) is 3.47. The van der Waals surface area contributed by atoms with Crippen molar-refractivity contribution in [1.29, 1.82) is 0 Å². The molecule has 2 nitrogen and oxygen atoms in total. The van der Waals surface area contributed by atoms with Gasteiger partial charge in [-0.3, -0.25) is 0 Å². The third-order valence-corrected chi connectivity index (χ3v) is 4.44. The number of hydrogen-bond donors (Lipinski definition) is 1. The van der Waals surface area contributed by atoms with Crippen LogP contribution in [0, 0.1) is 0 Å². The molecular formula is C18H20BrNO. The van der Waals surface area contributed by atoms with Crippen molar-refractivity contribution in [2.75, 3.05) is 7.05 Å². The standard InChI is InChI=1S/C18H20BrNO/c1-20-12-15-6-8-16(19)11-18(15)21-17-9-7-13-4-2-3-5-14(13)10-17/h6-11,20H,2-5,12H2,1H3. The van der Waals surface area contributed by atoms with Crippen LogP contribution < -0.4 is 10.1 Å². The maximum atomic E-state index is 6.14. The Morgan fingerprint density at radius 1 is 1.05 bits per heavy atom. The zero-order valence-electron chi connectivity index (χ0n) is 12.3. The van der Waals surface area contributed by atoms with Crippen LogP contribution >= 0.6 is 15.9 Å². The molecule has 2 aromatic carbocycles. The van der Waals surface area contributed by atoms with Crippen LogP contribution in [-0.2, 0) is 19.4 Å². The van der Waals surface area contributed by atoms with E-state index in [1.165, 1.54) is 42.4 Å². The van der Waals surface area contributed by atoms with E-state index < -0.39 is 0 Å². The van der Waals surface area contributed by atoms with Crippen LogP contribution in [0.4, 0.5) is 0 Å². The second-order valence-electron chi connectivity index (χ2n) is 5.52. The van der Waals surface area contributed by atoms with Crippen LogP contribution in [0.2, 0.25) is 0 Å². The van der Waals surface area contributed by atoms with E-state index in [0.717, 1.165) is 22.5 Å². The second kappa shape index (κ2) is 6.63. The zero-order valence-corrected chi connectivity index (χ0v) is 13.9. The smallest absolute Gasteiger partial charge is 0.133 e. The number of benzene rings is 2. The molecule has 0 heterocycles. The lowest BCUT2D eigenvalue weighted by atomic mass is 9.92. The summed E-state index contributed by atoms with van der Waals surface area (Å²) >= 11 is 3.52. The Morgan fingerprint density at radius 3 is 2.67 bits per heavy atom. The van der Waals surface area contributed by atoms with E-state index in [1.807, 2.05) is 19.2 Å². The Hall–Kier alpha value is -1.32. The van der Waals surface area contributed by atoms with Crippen LogP contribution in [0.25, 0.3) is 0 Å². The van der Waals surface area contributed by atoms with Crippen molar-refractivity contribution < 1.29 is 4.74 Å². The highest BCUT2D eigenvalue weighted by Crippen LogP contribution is 2.31. The summed E-state index contributed by atoms with van der Waals surface area (Å²) in [6.07, 6.45) is 4.98. The Morgan fingerprint density at radius 2 is 1.86 bits per heavy atom. The molecule has 0 saturated heterocycles. The molecule has 2 aromatic rings. The first-order chi connectivity index (χ1) is 10.3. The third-order valence-electron chi connectivity index (χ3n) is 3.94. The van der Waals surface area contributed by atoms with Gasteiger partial charge in [0, 0.05) is 16.6 Å². The maximum absolute atomic E-state index is 6.14. The molecule has 0 bridgehead atoms. The number of rotatable bonds is 4. The fourth-order valence-corrected chi connectivity index (χ4v) is 3.20. The van der Waals surface area contributed by atoms with Crippen LogP contribution in [-0.4, -0.2) is 7.05 Å². The van der Waals surface area contributed by atoms with E-state index >= 15 is 0 Å². The number of hydrogen-bond acceptors (Lipinski definition) is 2. The van der Waals surface area contributed by atoms with Gasteiger partial charge in [0.05, 0.1) is 0 Å². The molecule has 0 aliphatic heterocycles. The van der Waals surface area contributed by atoms with Crippen molar-refractivity contribution in [2.24, 2.45) is 0 Å². The average molecular weight is 346 g/mol. The number of halogens is 1.